The first-order valence-corrected chi connectivity index (χ1v) is 5.45. The number of pyridine rings is 1. The highest BCUT2D eigenvalue weighted by molar-refractivity contribution is 5.66. The van der Waals surface area contributed by atoms with Crippen LogP contribution in [-0.4, -0.2) is 14.8 Å². The standard InChI is InChI=1S/C12H13N3O/c1-15-7-11(12(16)14-15)9-4-5-13-6-10(9)8-2-3-8/h4-8H,2-3H2,1H3,(H,14,16). The third-order valence-corrected chi connectivity index (χ3v) is 3.00. The molecule has 3 rings (SSSR count). The van der Waals surface area contributed by atoms with Crippen molar-refractivity contribution in [1.82, 2.24) is 14.8 Å². The second-order valence-electron chi connectivity index (χ2n) is 4.33. The lowest BCUT2D eigenvalue weighted by Gasteiger charge is -2.04. The van der Waals surface area contributed by atoms with Crippen LogP contribution in [0.4, 0.5) is 0 Å². The van der Waals surface area contributed by atoms with Crippen LogP contribution in [0.15, 0.2) is 29.5 Å². The summed E-state index contributed by atoms with van der Waals surface area (Å²) in [5.74, 6) is 0.600. The summed E-state index contributed by atoms with van der Waals surface area (Å²) < 4.78 is 1.69. The maximum Gasteiger partial charge on any atom is 0.271 e. The predicted octanol–water partition coefficient (Wildman–Crippen LogP) is 1.65. The molecule has 0 atom stereocenters. The minimum absolute atomic E-state index is 0.0319. The van der Waals surface area contributed by atoms with Gasteiger partial charge in [0.15, 0.2) is 0 Å². The molecule has 0 aromatic carbocycles. The van der Waals surface area contributed by atoms with E-state index in [2.05, 4.69) is 10.1 Å². The first kappa shape index (κ1) is 9.39. The Morgan fingerprint density at radius 2 is 2.25 bits per heavy atom. The van der Waals surface area contributed by atoms with Crippen molar-refractivity contribution in [2.24, 2.45) is 7.05 Å². The van der Waals surface area contributed by atoms with Crippen molar-refractivity contribution in [3.63, 3.8) is 0 Å². The Morgan fingerprint density at radius 3 is 2.88 bits per heavy atom. The van der Waals surface area contributed by atoms with Gasteiger partial charge < -0.3 is 0 Å². The first-order chi connectivity index (χ1) is 7.75. The summed E-state index contributed by atoms with van der Waals surface area (Å²) in [6.07, 6.45) is 7.89. The Hall–Kier alpha value is -1.84. The molecule has 16 heavy (non-hydrogen) atoms. The van der Waals surface area contributed by atoms with Crippen LogP contribution < -0.4 is 5.56 Å². The smallest absolute Gasteiger partial charge is 0.271 e. The van der Waals surface area contributed by atoms with Crippen molar-refractivity contribution in [3.8, 4) is 11.1 Å². The van der Waals surface area contributed by atoms with Crippen LogP contribution in [0.3, 0.4) is 0 Å². The van der Waals surface area contributed by atoms with Gasteiger partial charge in [0, 0.05) is 25.6 Å². The molecule has 1 saturated carbocycles. The molecule has 2 heterocycles. The third kappa shape index (κ3) is 1.46. The molecule has 1 N–H and O–H groups in total. The molecule has 0 aliphatic heterocycles. The number of aryl methyl sites for hydroxylation is 1. The van der Waals surface area contributed by atoms with Gasteiger partial charge in [-0.25, -0.2) is 0 Å². The zero-order valence-corrected chi connectivity index (χ0v) is 9.10. The topological polar surface area (TPSA) is 50.7 Å². The van der Waals surface area contributed by atoms with Gasteiger partial charge in [-0.05, 0) is 36.0 Å². The number of H-pyrrole nitrogens is 1. The highest BCUT2D eigenvalue weighted by atomic mass is 16.1. The average Bonchev–Trinajstić information content (AvgIpc) is 3.05. The summed E-state index contributed by atoms with van der Waals surface area (Å²) in [7, 11) is 1.82. The Morgan fingerprint density at radius 1 is 1.44 bits per heavy atom. The highest BCUT2D eigenvalue weighted by Gasteiger charge is 2.27. The average molecular weight is 215 g/mol. The number of aromatic amines is 1. The van der Waals surface area contributed by atoms with Gasteiger partial charge in [0.1, 0.15) is 0 Å². The molecule has 2 aromatic heterocycles. The molecule has 1 aliphatic rings. The van der Waals surface area contributed by atoms with E-state index in [9.17, 15) is 4.79 Å². The van der Waals surface area contributed by atoms with E-state index in [1.165, 1.54) is 18.4 Å². The molecule has 82 valence electrons. The maximum atomic E-state index is 11.7. The molecule has 1 aliphatic carbocycles. The number of rotatable bonds is 2. The van der Waals surface area contributed by atoms with Gasteiger partial charge in [-0.2, -0.15) is 0 Å². The quantitative estimate of drug-likeness (QED) is 0.828. The van der Waals surface area contributed by atoms with Crippen molar-refractivity contribution in [2.45, 2.75) is 18.8 Å². The van der Waals surface area contributed by atoms with E-state index >= 15 is 0 Å². The van der Waals surface area contributed by atoms with E-state index in [1.807, 2.05) is 25.5 Å². The fourth-order valence-corrected chi connectivity index (χ4v) is 2.07. The van der Waals surface area contributed by atoms with Gasteiger partial charge in [-0.15, -0.1) is 0 Å². The molecular formula is C12H13N3O. The summed E-state index contributed by atoms with van der Waals surface area (Å²) in [6.45, 7) is 0. The Bertz CT molecular complexity index is 578. The Kier molecular flexibility index (Phi) is 1.96. The minimum Gasteiger partial charge on any atom is -0.295 e. The molecule has 0 spiro atoms. The number of hydrogen-bond acceptors (Lipinski definition) is 2. The maximum absolute atomic E-state index is 11.7. The predicted molar refractivity (Wildman–Crippen MR) is 61.2 cm³/mol. The zero-order valence-electron chi connectivity index (χ0n) is 9.10. The van der Waals surface area contributed by atoms with Crippen LogP contribution in [0.1, 0.15) is 24.3 Å². The van der Waals surface area contributed by atoms with Gasteiger partial charge in [0.05, 0.1) is 5.56 Å². The normalized spacial score (nSPS) is 15.3. The van der Waals surface area contributed by atoms with Crippen LogP contribution in [0.2, 0.25) is 0 Å². The summed E-state index contributed by atoms with van der Waals surface area (Å²) in [5.41, 5.74) is 2.95. The van der Waals surface area contributed by atoms with E-state index in [1.54, 1.807) is 10.9 Å². The number of nitrogens with one attached hydrogen (secondary N) is 1. The van der Waals surface area contributed by atoms with Crippen molar-refractivity contribution in [2.75, 3.05) is 0 Å². The van der Waals surface area contributed by atoms with Crippen molar-refractivity contribution in [3.05, 3.63) is 40.6 Å². The van der Waals surface area contributed by atoms with Crippen LogP contribution >= 0.6 is 0 Å². The minimum atomic E-state index is -0.0319. The van der Waals surface area contributed by atoms with E-state index in [0.717, 1.165) is 11.1 Å². The molecule has 0 amide bonds. The lowest BCUT2D eigenvalue weighted by Crippen LogP contribution is -2.04. The van der Waals surface area contributed by atoms with Gasteiger partial charge in [0.25, 0.3) is 5.56 Å². The van der Waals surface area contributed by atoms with Crippen LogP contribution in [0, 0.1) is 0 Å². The highest BCUT2D eigenvalue weighted by Crippen LogP contribution is 2.43. The molecule has 2 aromatic rings. The number of hydrogen-bond donors (Lipinski definition) is 1. The fraction of sp³-hybridized carbons (Fsp3) is 0.333. The van der Waals surface area contributed by atoms with Crippen LogP contribution in [-0.2, 0) is 7.05 Å². The van der Waals surface area contributed by atoms with Crippen molar-refractivity contribution >= 4 is 0 Å². The molecule has 0 radical (unpaired) electrons. The lowest BCUT2D eigenvalue weighted by molar-refractivity contribution is 0.756. The molecule has 4 heteroatoms. The molecule has 0 unspecified atom stereocenters. The summed E-state index contributed by atoms with van der Waals surface area (Å²) in [5, 5.41) is 2.73. The molecular weight excluding hydrogens is 202 g/mol. The summed E-state index contributed by atoms with van der Waals surface area (Å²) in [4.78, 5) is 15.9. The summed E-state index contributed by atoms with van der Waals surface area (Å²) in [6, 6.07) is 1.93. The molecule has 0 bridgehead atoms. The number of aromatic nitrogens is 3. The van der Waals surface area contributed by atoms with Gasteiger partial charge in [-0.3, -0.25) is 19.6 Å². The molecule has 4 nitrogen and oxygen atoms in total. The van der Waals surface area contributed by atoms with Crippen LogP contribution in [0.5, 0.6) is 0 Å². The third-order valence-electron chi connectivity index (χ3n) is 3.00. The lowest BCUT2D eigenvalue weighted by atomic mass is 10.0. The van der Waals surface area contributed by atoms with E-state index < -0.39 is 0 Å². The summed E-state index contributed by atoms with van der Waals surface area (Å²) >= 11 is 0. The second kappa shape index (κ2) is 3.33. The number of nitrogens with zero attached hydrogens (tertiary/aromatic N) is 2. The van der Waals surface area contributed by atoms with Crippen LogP contribution in [0.25, 0.3) is 11.1 Å². The van der Waals surface area contributed by atoms with Gasteiger partial charge in [-0.1, -0.05) is 0 Å². The fourth-order valence-electron chi connectivity index (χ4n) is 2.07. The Labute approximate surface area is 92.9 Å². The Balaban J connectivity index is 2.18. The second-order valence-corrected chi connectivity index (χ2v) is 4.33. The van der Waals surface area contributed by atoms with E-state index in [4.69, 9.17) is 0 Å². The zero-order chi connectivity index (χ0) is 11.1. The largest absolute Gasteiger partial charge is 0.295 e. The van der Waals surface area contributed by atoms with E-state index in [-0.39, 0.29) is 5.56 Å². The molecule has 1 fully saturated rings. The van der Waals surface area contributed by atoms with E-state index in [0.29, 0.717) is 5.92 Å². The van der Waals surface area contributed by atoms with Gasteiger partial charge >= 0.3 is 0 Å². The SMILES string of the molecule is Cn1cc(-c2ccncc2C2CC2)c(=O)[nH]1. The first-order valence-electron chi connectivity index (χ1n) is 5.45. The molecule has 0 saturated heterocycles. The van der Waals surface area contributed by atoms with Crippen molar-refractivity contribution in [1.29, 1.82) is 0 Å². The van der Waals surface area contributed by atoms with Crippen molar-refractivity contribution < 1.29 is 0 Å². The van der Waals surface area contributed by atoms with Gasteiger partial charge in [0.2, 0.25) is 0 Å². The monoisotopic (exact) mass is 215 g/mol.